The maximum atomic E-state index is 11.7. The molecule has 4 amide bonds. The number of barbiturate groups is 1. The number of urea groups is 1. The fourth-order valence-electron chi connectivity index (χ4n) is 1.89. The molecule has 16 heavy (non-hydrogen) atoms. The van der Waals surface area contributed by atoms with Gasteiger partial charge >= 0.3 is 6.03 Å². The third-order valence-electron chi connectivity index (χ3n) is 2.69. The Balaban J connectivity index is 2.96. The molecule has 1 heterocycles. The highest BCUT2D eigenvalue weighted by Crippen LogP contribution is 2.31. The maximum Gasteiger partial charge on any atom is 0.328 e. The largest absolute Gasteiger partial charge is 0.328 e. The number of hydrogen-bond acceptors (Lipinski definition) is 4. The number of imide groups is 2. The minimum absolute atomic E-state index is 0.120. The molecule has 0 radical (unpaired) electrons. The van der Waals surface area contributed by atoms with Crippen molar-refractivity contribution in [2.45, 2.75) is 32.6 Å². The van der Waals surface area contributed by atoms with Crippen molar-refractivity contribution in [1.82, 2.24) is 10.6 Å². The smallest absolute Gasteiger partial charge is 0.303 e. The Kier molecular flexibility index (Phi) is 3.76. The van der Waals surface area contributed by atoms with Crippen LogP contribution in [-0.4, -0.2) is 24.1 Å². The Bertz CT molecular complexity index is 318. The normalized spacial score (nSPS) is 18.9. The number of amides is 4. The average Bonchev–Trinajstić information content (AvgIpc) is 2.22. The van der Waals surface area contributed by atoms with Gasteiger partial charge in [0.2, 0.25) is 11.8 Å². The highest BCUT2D eigenvalue weighted by Gasteiger charge is 2.48. The summed E-state index contributed by atoms with van der Waals surface area (Å²) < 4.78 is 0. The van der Waals surface area contributed by atoms with E-state index < -0.39 is 23.3 Å². The predicted octanol–water partition coefficient (Wildman–Crippen LogP) is 0.118. The number of rotatable bonds is 5. The molecule has 6 nitrogen and oxygen atoms in total. The molecule has 2 N–H and O–H groups in total. The standard InChI is InChI=1S/C10H14N2O4/c1-2-4-10(5-3-6-13)7(14)11-9(16)12-8(10)15/h6H,2-5H2,1H3,(H2,11,12,14,15,16). The van der Waals surface area contributed by atoms with E-state index in [-0.39, 0.29) is 12.8 Å². The van der Waals surface area contributed by atoms with Crippen molar-refractivity contribution in [3.8, 4) is 0 Å². The number of aldehydes is 1. The zero-order chi connectivity index (χ0) is 12.2. The lowest BCUT2D eigenvalue weighted by Crippen LogP contribution is -2.62. The highest BCUT2D eigenvalue weighted by atomic mass is 16.2. The molecule has 0 unspecified atom stereocenters. The number of carbonyl (C=O) groups is 4. The minimum atomic E-state index is -1.27. The van der Waals surface area contributed by atoms with Gasteiger partial charge in [0.25, 0.3) is 0 Å². The Morgan fingerprint density at radius 1 is 1.12 bits per heavy atom. The summed E-state index contributed by atoms with van der Waals surface area (Å²) in [4.78, 5) is 44.7. The Hall–Kier alpha value is -1.72. The molecule has 0 aliphatic carbocycles. The SMILES string of the molecule is CCCC1(CCC=O)C(=O)NC(=O)NC1=O. The van der Waals surface area contributed by atoms with E-state index in [9.17, 15) is 19.2 Å². The molecule has 1 aliphatic heterocycles. The summed E-state index contributed by atoms with van der Waals surface area (Å²) in [6.07, 6.45) is 1.86. The molecule has 88 valence electrons. The van der Waals surface area contributed by atoms with E-state index >= 15 is 0 Å². The van der Waals surface area contributed by atoms with Crippen LogP contribution in [0.5, 0.6) is 0 Å². The number of carbonyl (C=O) groups excluding carboxylic acids is 4. The quantitative estimate of drug-likeness (QED) is 0.514. The third-order valence-corrected chi connectivity index (χ3v) is 2.69. The molecule has 0 saturated carbocycles. The maximum absolute atomic E-state index is 11.7. The van der Waals surface area contributed by atoms with Gasteiger partial charge in [0.05, 0.1) is 0 Å². The molecular weight excluding hydrogens is 212 g/mol. The van der Waals surface area contributed by atoms with Crippen LogP contribution in [0.25, 0.3) is 0 Å². The molecule has 0 spiro atoms. The first-order chi connectivity index (χ1) is 7.56. The molecule has 0 aromatic carbocycles. The van der Waals surface area contributed by atoms with Crippen LogP contribution in [0, 0.1) is 5.41 Å². The van der Waals surface area contributed by atoms with Gasteiger partial charge in [0.15, 0.2) is 0 Å². The van der Waals surface area contributed by atoms with Crippen molar-refractivity contribution in [2.75, 3.05) is 0 Å². The molecule has 0 aromatic rings. The van der Waals surface area contributed by atoms with Crippen LogP contribution < -0.4 is 10.6 Å². The van der Waals surface area contributed by atoms with E-state index in [1.807, 2.05) is 6.92 Å². The summed E-state index contributed by atoms with van der Waals surface area (Å²) in [5, 5.41) is 4.14. The molecule has 1 saturated heterocycles. The summed E-state index contributed by atoms with van der Waals surface area (Å²) in [7, 11) is 0. The third kappa shape index (κ3) is 2.10. The van der Waals surface area contributed by atoms with E-state index in [4.69, 9.17) is 0 Å². The zero-order valence-corrected chi connectivity index (χ0v) is 9.04. The van der Waals surface area contributed by atoms with Crippen LogP contribution in [-0.2, 0) is 14.4 Å². The van der Waals surface area contributed by atoms with Crippen molar-refractivity contribution in [3.63, 3.8) is 0 Å². The van der Waals surface area contributed by atoms with Crippen molar-refractivity contribution in [2.24, 2.45) is 5.41 Å². The minimum Gasteiger partial charge on any atom is -0.303 e. The van der Waals surface area contributed by atoms with Crippen molar-refractivity contribution in [1.29, 1.82) is 0 Å². The lowest BCUT2D eigenvalue weighted by Gasteiger charge is -2.33. The Morgan fingerprint density at radius 3 is 2.12 bits per heavy atom. The van der Waals surface area contributed by atoms with Crippen LogP contribution in [0.4, 0.5) is 4.79 Å². The first kappa shape index (κ1) is 12.4. The van der Waals surface area contributed by atoms with Crippen LogP contribution in [0.1, 0.15) is 32.6 Å². The average molecular weight is 226 g/mol. The molecule has 0 aromatic heterocycles. The van der Waals surface area contributed by atoms with Gasteiger partial charge in [-0.3, -0.25) is 20.2 Å². The Labute approximate surface area is 92.8 Å². The monoisotopic (exact) mass is 226 g/mol. The first-order valence-corrected chi connectivity index (χ1v) is 5.17. The molecule has 6 heteroatoms. The predicted molar refractivity (Wildman–Crippen MR) is 54.3 cm³/mol. The van der Waals surface area contributed by atoms with E-state index in [0.717, 1.165) is 0 Å². The second-order valence-corrected chi connectivity index (χ2v) is 3.77. The van der Waals surface area contributed by atoms with Crippen LogP contribution >= 0.6 is 0 Å². The van der Waals surface area contributed by atoms with Crippen LogP contribution in [0.3, 0.4) is 0 Å². The molecule has 1 rings (SSSR count). The van der Waals surface area contributed by atoms with E-state index in [1.54, 1.807) is 0 Å². The fourth-order valence-corrected chi connectivity index (χ4v) is 1.89. The van der Waals surface area contributed by atoms with Crippen LogP contribution in [0.2, 0.25) is 0 Å². The van der Waals surface area contributed by atoms with Gasteiger partial charge in [0.1, 0.15) is 11.7 Å². The van der Waals surface area contributed by atoms with Gasteiger partial charge in [-0.25, -0.2) is 4.79 Å². The topological polar surface area (TPSA) is 92.3 Å². The van der Waals surface area contributed by atoms with E-state index in [0.29, 0.717) is 19.1 Å². The second kappa shape index (κ2) is 4.87. The van der Waals surface area contributed by atoms with Gasteiger partial charge in [0, 0.05) is 6.42 Å². The van der Waals surface area contributed by atoms with Gasteiger partial charge in [-0.15, -0.1) is 0 Å². The summed E-state index contributed by atoms with van der Waals surface area (Å²) in [6, 6.07) is -0.798. The highest BCUT2D eigenvalue weighted by molar-refractivity contribution is 6.19. The summed E-state index contributed by atoms with van der Waals surface area (Å²) in [5.41, 5.74) is -1.27. The molecular formula is C10H14N2O4. The van der Waals surface area contributed by atoms with Gasteiger partial charge in [-0.2, -0.15) is 0 Å². The number of nitrogens with one attached hydrogen (secondary N) is 2. The fraction of sp³-hybridized carbons (Fsp3) is 0.600. The van der Waals surface area contributed by atoms with Crippen molar-refractivity contribution in [3.05, 3.63) is 0 Å². The van der Waals surface area contributed by atoms with Crippen LogP contribution in [0.15, 0.2) is 0 Å². The zero-order valence-electron chi connectivity index (χ0n) is 9.04. The lowest BCUT2D eigenvalue weighted by atomic mass is 9.76. The summed E-state index contributed by atoms with van der Waals surface area (Å²) in [5.74, 6) is -1.21. The molecule has 1 fully saturated rings. The molecule has 1 aliphatic rings. The molecule has 0 bridgehead atoms. The summed E-state index contributed by atoms with van der Waals surface area (Å²) in [6.45, 7) is 1.83. The Morgan fingerprint density at radius 2 is 1.69 bits per heavy atom. The summed E-state index contributed by atoms with van der Waals surface area (Å²) >= 11 is 0. The second-order valence-electron chi connectivity index (χ2n) is 3.77. The van der Waals surface area contributed by atoms with Crippen molar-refractivity contribution < 1.29 is 19.2 Å². The van der Waals surface area contributed by atoms with E-state index in [2.05, 4.69) is 10.6 Å². The van der Waals surface area contributed by atoms with E-state index in [1.165, 1.54) is 0 Å². The van der Waals surface area contributed by atoms with Gasteiger partial charge < -0.3 is 4.79 Å². The lowest BCUT2D eigenvalue weighted by molar-refractivity contribution is -0.145. The van der Waals surface area contributed by atoms with Gasteiger partial charge in [-0.05, 0) is 12.8 Å². The first-order valence-electron chi connectivity index (χ1n) is 5.17. The van der Waals surface area contributed by atoms with Gasteiger partial charge in [-0.1, -0.05) is 13.3 Å². The van der Waals surface area contributed by atoms with Crippen molar-refractivity contribution >= 4 is 24.1 Å². The number of hydrogen-bond donors (Lipinski definition) is 2. The molecule has 0 atom stereocenters.